The molecule has 0 fully saturated rings. The molecule has 1 aliphatic heterocycles. The Balaban J connectivity index is 1.60. The first-order chi connectivity index (χ1) is 13.1. The van der Waals surface area contributed by atoms with Crippen molar-refractivity contribution in [3.63, 3.8) is 0 Å². The zero-order valence-corrected chi connectivity index (χ0v) is 15.0. The molecule has 27 heavy (non-hydrogen) atoms. The first kappa shape index (κ1) is 17.4. The van der Waals surface area contributed by atoms with E-state index in [0.29, 0.717) is 18.8 Å². The van der Waals surface area contributed by atoms with Crippen LogP contribution >= 0.6 is 11.6 Å². The third-order valence-electron chi connectivity index (χ3n) is 4.54. The highest BCUT2D eigenvalue weighted by Gasteiger charge is 2.19. The highest BCUT2D eigenvalue weighted by atomic mass is 35.5. The number of halogens is 2. The van der Waals surface area contributed by atoms with Crippen molar-refractivity contribution in [1.82, 2.24) is 25.1 Å². The maximum atomic E-state index is 14.6. The maximum Gasteiger partial charge on any atom is 0.246 e. The van der Waals surface area contributed by atoms with Crippen molar-refractivity contribution in [2.75, 3.05) is 6.54 Å². The summed E-state index contributed by atoms with van der Waals surface area (Å²) in [4.78, 5) is 14.3. The molecular weight excluding hydrogens is 369 g/mol. The van der Waals surface area contributed by atoms with E-state index in [1.54, 1.807) is 11.0 Å². The van der Waals surface area contributed by atoms with E-state index in [9.17, 15) is 9.18 Å². The molecule has 0 bridgehead atoms. The lowest BCUT2D eigenvalue weighted by atomic mass is 10.00. The number of nitrogens with zero attached hydrogens (tertiary/aromatic N) is 5. The van der Waals surface area contributed by atoms with Crippen molar-refractivity contribution < 1.29 is 9.18 Å². The molecule has 0 saturated carbocycles. The van der Waals surface area contributed by atoms with Crippen LogP contribution in [0.3, 0.4) is 0 Å². The fourth-order valence-corrected chi connectivity index (χ4v) is 3.29. The summed E-state index contributed by atoms with van der Waals surface area (Å²) in [7, 11) is 0. The topological polar surface area (TPSA) is 63.9 Å². The minimum absolute atomic E-state index is 0.0363. The minimum atomic E-state index is -0.627. The molecule has 6 nitrogen and oxygen atoms in total. The van der Waals surface area contributed by atoms with Gasteiger partial charge < -0.3 is 4.90 Å². The van der Waals surface area contributed by atoms with Crippen LogP contribution in [0.15, 0.2) is 48.8 Å². The van der Waals surface area contributed by atoms with Gasteiger partial charge in [0.1, 0.15) is 6.33 Å². The SMILES string of the molecule is O=C(/C=C/c1c(-n2cnnn2)ccc(Cl)c1F)N1CCc2ccccc2C1. The number of amides is 1. The van der Waals surface area contributed by atoms with Gasteiger partial charge in [-0.25, -0.2) is 4.39 Å². The predicted molar refractivity (Wildman–Crippen MR) is 98.7 cm³/mol. The van der Waals surface area contributed by atoms with E-state index >= 15 is 0 Å². The van der Waals surface area contributed by atoms with E-state index in [-0.39, 0.29) is 16.5 Å². The van der Waals surface area contributed by atoms with Gasteiger partial charge in [-0.15, -0.1) is 5.10 Å². The van der Waals surface area contributed by atoms with Gasteiger partial charge in [0, 0.05) is 24.7 Å². The van der Waals surface area contributed by atoms with Crippen molar-refractivity contribution in [3.8, 4) is 5.69 Å². The van der Waals surface area contributed by atoms with Crippen LogP contribution in [-0.4, -0.2) is 37.6 Å². The molecule has 0 aliphatic carbocycles. The van der Waals surface area contributed by atoms with Crippen LogP contribution < -0.4 is 0 Å². The van der Waals surface area contributed by atoms with Gasteiger partial charge in [-0.05, 0) is 46.2 Å². The number of carbonyl (C=O) groups excluding carboxylic acids is 1. The molecular formula is C19H15ClFN5O. The van der Waals surface area contributed by atoms with Gasteiger partial charge in [-0.2, -0.15) is 4.68 Å². The molecule has 0 unspecified atom stereocenters. The first-order valence-corrected chi connectivity index (χ1v) is 8.76. The Bertz CT molecular complexity index is 1020. The van der Waals surface area contributed by atoms with E-state index < -0.39 is 5.82 Å². The van der Waals surface area contributed by atoms with Crippen molar-refractivity contribution in [3.05, 3.63) is 76.3 Å². The van der Waals surface area contributed by atoms with Gasteiger partial charge >= 0.3 is 0 Å². The van der Waals surface area contributed by atoms with E-state index in [4.69, 9.17) is 11.6 Å². The van der Waals surface area contributed by atoms with Gasteiger partial charge in [-0.1, -0.05) is 35.9 Å². The smallest absolute Gasteiger partial charge is 0.246 e. The summed E-state index contributed by atoms with van der Waals surface area (Å²) in [6.07, 6.45) is 4.93. The van der Waals surface area contributed by atoms with E-state index in [1.807, 2.05) is 18.2 Å². The molecule has 0 atom stereocenters. The molecule has 8 heteroatoms. The summed E-state index contributed by atoms with van der Waals surface area (Å²) in [6.45, 7) is 1.16. The standard InChI is InChI=1S/C19H15ClFN5O/c20-16-6-7-17(26-12-22-23-24-26)15(19(16)21)5-8-18(27)25-10-9-13-3-1-2-4-14(13)11-25/h1-8,12H,9-11H2/b8-5+. The maximum absolute atomic E-state index is 14.6. The summed E-state index contributed by atoms with van der Waals surface area (Å²) in [5.74, 6) is -0.816. The third-order valence-corrected chi connectivity index (χ3v) is 4.83. The Kier molecular flexibility index (Phi) is 4.68. The molecule has 1 amide bonds. The number of fused-ring (bicyclic) bond motifs is 1. The fourth-order valence-electron chi connectivity index (χ4n) is 3.13. The van der Waals surface area contributed by atoms with Crippen LogP contribution in [0.5, 0.6) is 0 Å². The Morgan fingerprint density at radius 1 is 1.19 bits per heavy atom. The van der Waals surface area contributed by atoms with Crippen LogP contribution in [-0.2, 0) is 17.8 Å². The number of rotatable bonds is 3. The molecule has 4 rings (SSSR count). The quantitative estimate of drug-likeness (QED) is 0.652. The molecule has 2 aromatic carbocycles. The van der Waals surface area contributed by atoms with Crippen molar-refractivity contribution in [1.29, 1.82) is 0 Å². The fraction of sp³-hybridized carbons (Fsp3) is 0.158. The molecule has 136 valence electrons. The van der Waals surface area contributed by atoms with Gasteiger partial charge in [0.25, 0.3) is 0 Å². The second-order valence-corrected chi connectivity index (χ2v) is 6.57. The number of carbonyl (C=O) groups is 1. The van der Waals surface area contributed by atoms with Gasteiger partial charge in [0.15, 0.2) is 5.82 Å². The highest BCUT2D eigenvalue weighted by Crippen LogP contribution is 2.26. The summed E-state index contributed by atoms with van der Waals surface area (Å²) in [6, 6.07) is 11.1. The van der Waals surface area contributed by atoms with E-state index in [0.717, 1.165) is 12.0 Å². The zero-order chi connectivity index (χ0) is 18.8. The van der Waals surface area contributed by atoms with Crippen molar-refractivity contribution >= 4 is 23.6 Å². The Morgan fingerprint density at radius 3 is 2.78 bits per heavy atom. The molecule has 1 aliphatic rings. The van der Waals surface area contributed by atoms with Gasteiger partial charge in [0.2, 0.25) is 5.91 Å². The molecule has 0 N–H and O–H groups in total. The van der Waals surface area contributed by atoms with E-state index in [1.165, 1.54) is 34.8 Å². The summed E-state index contributed by atoms with van der Waals surface area (Å²) < 4.78 is 15.9. The Labute approximate surface area is 159 Å². The lowest BCUT2D eigenvalue weighted by Crippen LogP contribution is -2.34. The monoisotopic (exact) mass is 383 g/mol. The molecule has 0 spiro atoms. The van der Waals surface area contributed by atoms with Crippen LogP contribution in [0.4, 0.5) is 4.39 Å². The van der Waals surface area contributed by atoms with Crippen LogP contribution in [0.2, 0.25) is 5.02 Å². The van der Waals surface area contributed by atoms with Crippen LogP contribution in [0.25, 0.3) is 11.8 Å². The Morgan fingerprint density at radius 2 is 2.00 bits per heavy atom. The van der Waals surface area contributed by atoms with Gasteiger partial charge in [0.05, 0.1) is 10.7 Å². The third kappa shape index (κ3) is 3.46. The summed E-state index contributed by atoms with van der Waals surface area (Å²) >= 11 is 5.90. The average Bonchev–Trinajstić information content (AvgIpc) is 3.23. The van der Waals surface area contributed by atoms with Crippen molar-refractivity contribution in [2.45, 2.75) is 13.0 Å². The second kappa shape index (κ2) is 7.28. The highest BCUT2D eigenvalue weighted by molar-refractivity contribution is 6.31. The number of aromatic nitrogens is 4. The van der Waals surface area contributed by atoms with Crippen molar-refractivity contribution in [2.24, 2.45) is 0 Å². The first-order valence-electron chi connectivity index (χ1n) is 8.38. The number of benzene rings is 2. The second-order valence-electron chi connectivity index (χ2n) is 6.16. The number of tetrazole rings is 1. The van der Waals surface area contributed by atoms with Gasteiger partial charge in [-0.3, -0.25) is 4.79 Å². The van der Waals surface area contributed by atoms with Crippen LogP contribution in [0, 0.1) is 5.82 Å². The normalized spacial score (nSPS) is 13.8. The predicted octanol–water partition coefficient (Wildman–Crippen LogP) is 3.05. The molecule has 0 saturated heterocycles. The molecule has 2 heterocycles. The van der Waals surface area contributed by atoms with Crippen LogP contribution in [0.1, 0.15) is 16.7 Å². The summed E-state index contributed by atoms with van der Waals surface area (Å²) in [5, 5.41) is 10.9. The lowest BCUT2D eigenvalue weighted by molar-refractivity contribution is -0.126. The average molecular weight is 384 g/mol. The largest absolute Gasteiger partial charge is 0.334 e. The summed E-state index contributed by atoms with van der Waals surface area (Å²) in [5.41, 5.74) is 2.94. The van der Waals surface area contributed by atoms with E-state index in [2.05, 4.69) is 21.6 Å². The lowest BCUT2D eigenvalue weighted by Gasteiger charge is -2.27. The molecule has 1 aromatic heterocycles. The molecule has 3 aromatic rings. The number of hydrogen-bond donors (Lipinski definition) is 0. The minimum Gasteiger partial charge on any atom is -0.334 e. The molecule has 0 radical (unpaired) electrons. The Hall–Kier alpha value is -3.06. The number of hydrogen-bond acceptors (Lipinski definition) is 4. The zero-order valence-electron chi connectivity index (χ0n) is 14.2.